The number of fused-ring (bicyclic) bond motifs is 2. The highest BCUT2D eigenvalue weighted by atomic mass is 16.6. The zero-order chi connectivity index (χ0) is 22.5. The Hall–Kier alpha value is -2.97. The third-order valence-electron chi connectivity index (χ3n) is 6.89. The highest BCUT2D eigenvalue weighted by molar-refractivity contribution is 5.99. The molecule has 1 unspecified atom stereocenters. The second-order valence-corrected chi connectivity index (χ2v) is 8.78. The van der Waals surface area contributed by atoms with Gasteiger partial charge in [0, 0.05) is 13.1 Å². The SMILES string of the molecule is C[C@H](CO)N1C(=O)[C@@H]2[C@@H]3C(=O)OCC=C[C@@H]3O[C@@]23C=CCN(Cc2ccccc2)C(=O)C13. The molecule has 0 aliphatic carbocycles. The number of ether oxygens (including phenoxy) is 2. The molecular formula is C24H26N2O6. The Bertz CT molecular complexity index is 991. The van der Waals surface area contributed by atoms with E-state index >= 15 is 0 Å². The molecule has 8 heteroatoms. The first-order chi connectivity index (χ1) is 15.5. The number of benzene rings is 1. The lowest BCUT2D eigenvalue weighted by molar-refractivity contribution is -0.154. The molecule has 0 radical (unpaired) electrons. The Kier molecular flexibility index (Phi) is 5.14. The normalized spacial score (nSPS) is 34.5. The Morgan fingerprint density at radius 3 is 2.69 bits per heavy atom. The monoisotopic (exact) mass is 438 g/mol. The van der Waals surface area contributed by atoms with E-state index in [1.54, 1.807) is 30.1 Å². The van der Waals surface area contributed by atoms with E-state index in [4.69, 9.17) is 9.47 Å². The van der Waals surface area contributed by atoms with E-state index < -0.39 is 41.6 Å². The van der Waals surface area contributed by atoms with Gasteiger partial charge in [0.05, 0.1) is 24.7 Å². The Morgan fingerprint density at radius 1 is 1.16 bits per heavy atom. The number of hydrogen-bond acceptors (Lipinski definition) is 6. The number of carbonyl (C=O) groups is 3. The third-order valence-corrected chi connectivity index (χ3v) is 6.89. The van der Waals surface area contributed by atoms with Crippen LogP contribution in [0.3, 0.4) is 0 Å². The zero-order valence-electron chi connectivity index (χ0n) is 17.8. The minimum atomic E-state index is -1.29. The lowest BCUT2D eigenvalue weighted by atomic mass is 9.78. The molecule has 1 N–H and O–H groups in total. The van der Waals surface area contributed by atoms with Gasteiger partial charge in [-0.15, -0.1) is 0 Å². The van der Waals surface area contributed by atoms with Gasteiger partial charge in [0.1, 0.15) is 24.2 Å². The van der Waals surface area contributed by atoms with E-state index in [2.05, 4.69) is 0 Å². The van der Waals surface area contributed by atoms with Gasteiger partial charge in [0.25, 0.3) is 0 Å². The summed E-state index contributed by atoms with van der Waals surface area (Å²) in [5.74, 6) is -2.85. The summed E-state index contributed by atoms with van der Waals surface area (Å²) in [5.41, 5.74) is -0.323. The molecule has 0 saturated carbocycles. The van der Waals surface area contributed by atoms with Crippen molar-refractivity contribution in [2.45, 2.75) is 37.3 Å². The predicted octanol–water partition coefficient (Wildman–Crippen LogP) is 0.660. The maximum absolute atomic E-state index is 13.9. The molecule has 1 aromatic rings. The van der Waals surface area contributed by atoms with E-state index in [-0.39, 0.29) is 25.0 Å². The molecule has 1 spiro atoms. The first kappa shape index (κ1) is 20.9. The van der Waals surface area contributed by atoms with Crippen molar-refractivity contribution in [3.05, 3.63) is 60.2 Å². The summed E-state index contributed by atoms with van der Waals surface area (Å²) in [6.45, 7) is 2.25. The first-order valence-electron chi connectivity index (χ1n) is 10.9. The van der Waals surface area contributed by atoms with Gasteiger partial charge in [0.2, 0.25) is 11.8 Å². The van der Waals surface area contributed by atoms with Crippen molar-refractivity contribution in [1.29, 1.82) is 0 Å². The summed E-state index contributed by atoms with van der Waals surface area (Å²) >= 11 is 0. The summed E-state index contributed by atoms with van der Waals surface area (Å²) in [7, 11) is 0. The second kappa shape index (κ2) is 7.86. The molecule has 4 aliphatic rings. The molecule has 0 bridgehead atoms. The Balaban J connectivity index is 1.58. The standard InChI is InChI=1S/C24H26N2O6/c1-15(14-27)26-20-22(29)25(13-16-7-3-2-4-8-16)11-6-10-24(20)19(21(26)28)18-17(32-24)9-5-12-31-23(18)30/h2-10,15,17-20,27H,11-14H2,1H3/t15-,17+,18-,19+,20?,24+/m1/s1. The van der Waals surface area contributed by atoms with Crippen LogP contribution in [-0.4, -0.2) is 76.2 Å². The molecular weight excluding hydrogens is 412 g/mol. The lowest BCUT2D eigenvalue weighted by Crippen LogP contribution is -2.57. The molecule has 2 amide bonds. The number of aliphatic hydroxyl groups is 1. The fraction of sp³-hybridized carbons (Fsp3) is 0.458. The van der Waals surface area contributed by atoms with Crippen LogP contribution in [0.4, 0.5) is 0 Å². The average Bonchev–Trinajstić information content (AvgIpc) is 3.11. The maximum atomic E-state index is 13.9. The summed E-state index contributed by atoms with van der Waals surface area (Å²) in [6, 6.07) is 8.04. The van der Waals surface area contributed by atoms with Gasteiger partial charge in [-0.05, 0) is 18.6 Å². The predicted molar refractivity (Wildman–Crippen MR) is 113 cm³/mol. The summed E-state index contributed by atoms with van der Waals surface area (Å²) in [4.78, 5) is 43.5. The van der Waals surface area contributed by atoms with Gasteiger partial charge in [-0.3, -0.25) is 14.4 Å². The molecule has 1 aromatic carbocycles. The van der Waals surface area contributed by atoms with E-state index in [1.807, 2.05) is 36.4 Å². The third kappa shape index (κ3) is 3.01. The molecule has 2 fully saturated rings. The number of rotatable bonds is 4. The van der Waals surface area contributed by atoms with Crippen molar-refractivity contribution in [2.24, 2.45) is 11.8 Å². The molecule has 4 aliphatic heterocycles. The largest absolute Gasteiger partial charge is 0.461 e. The second-order valence-electron chi connectivity index (χ2n) is 8.78. The fourth-order valence-electron chi connectivity index (χ4n) is 5.46. The van der Waals surface area contributed by atoms with Crippen molar-refractivity contribution < 1.29 is 29.0 Å². The molecule has 168 valence electrons. The fourth-order valence-corrected chi connectivity index (χ4v) is 5.46. The Morgan fingerprint density at radius 2 is 1.94 bits per heavy atom. The average molecular weight is 438 g/mol. The molecule has 4 heterocycles. The minimum Gasteiger partial charge on any atom is -0.461 e. The van der Waals surface area contributed by atoms with Crippen LogP contribution in [0.2, 0.25) is 0 Å². The zero-order valence-corrected chi connectivity index (χ0v) is 17.8. The van der Waals surface area contributed by atoms with Crippen LogP contribution in [0, 0.1) is 11.8 Å². The van der Waals surface area contributed by atoms with Crippen molar-refractivity contribution in [2.75, 3.05) is 19.8 Å². The van der Waals surface area contributed by atoms with Gasteiger partial charge >= 0.3 is 5.97 Å². The number of cyclic esters (lactones) is 1. The van der Waals surface area contributed by atoms with E-state index in [9.17, 15) is 19.5 Å². The van der Waals surface area contributed by atoms with Gasteiger partial charge in [-0.1, -0.05) is 48.6 Å². The summed E-state index contributed by atoms with van der Waals surface area (Å²) in [5, 5.41) is 9.87. The molecule has 32 heavy (non-hydrogen) atoms. The van der Waals surface area contributed by atoms with Gasteiger partial charge in [-0.2, -0.15) is 0 Å². The van der Waals surface area contributed by atoms with Gasteiger partial charge in [0.15, 0.2) is 0 Å². The summed E-state index contributed by atoms with van der Waals surface area (Å²) in [6.07, 6.45) is 6.43. The molecule has 0 aromatic heterocycles. The van der Waals surface area contributed by atoms with Crippen LogP contribution in [0.15, 0.2) is 54.6 Å². The highest BCUT2D eigenvalue weighted by Gasteiger charge is 2.72. The van der Waals surface area contributed by atoms with Crippen LogP contribution in [0.25, 0.3) is 0 Å². The van der Waals surface area contributed by atoms with E-state index in [1.165, 1.54) is 4.90 Å². The van der Waals surface area contributed by atoms with E-state index in [0.717, 1.165) is 5.56 Å². The van der Waals surface area contributed by atoms with E-state index in [0.29, 0.717) is 13.1 Å². The number of hydrogen-bond donors (Lipinski definition) is 1. The first-order valence-corrected chi connectivity index (χ1v) is 10.9. The smallest absolute Gasteiger partial charge is 0.313 e. The quantitative estimate of drug-likeness (QED) is 0.548. The number of nitrogens with zero attached hydrogens (tertiary/aromatic N) is 2. The summed E-state index contributed by atoms with van der Waals surface area (Å²) < 4.78 is 11.7. The van der Waals surface area contributed by atoms with Gasteiger partial charge < -0.3 is 24.4 Å². The highest BCUT2D eigenvalue weighted by Crippen LogP contribution is 2.53. The topological polar surface area (TPSA) is 96.4 Å². The minimum absolute atomic E-state index is 0.128. The number of esters is 1. The molecule has 5 rings (SSSR count). The maximum Gasteiger partial charge on any atom is 0.313 e. The number of likely N-dealkylation sites (tertiary alicyclic amines) is 1. The molecule has 2 saturated heterocycles. The van der Waals surface area contributed by atoms with Crippen LogP contribution in [-0.2, 0) is 30.4 Å². The lowest BCUT2D eigenvalue weighted by Gasteiger charge is -2.37. The number of amides is 2. The van der Waals surface area contributed by atoms with Gasteiger partial charge in [-0.25, -0.2) is 0 Å². The molecule has 6 atom stereocenters. The number of aliphatic hydroxyl groups excluding tert-OH is 1. The van der Waals surface area contributed by atoms with Crippen molar-refractivity contribution in [3.63, 3.8) is 0 Å². The van der Waals surface area contributed by atoms with Crippen LogP contribution in [0.1, 0.15) is 12.5 Å². The van der Waals surface area contributed by atoms with Crippen molar-refractivity contribution in [3.8, 4) is 0 Å². The van der Waals surface area contributed by atoms with Crippen LogP contribution >= 0.6 is 0 Å². The molecule has 8 nitrogen and oxygen atoms in total. The van der Waals surface area contributed by atoms with Crippen molar-refractivity contribution in [1.82, 2.24) is 9.80 Å². The number of carbonyl (C=O) groups excluding carboxylic acids is 3. The van der Waals surface area contributed by atoms with Crippen molar-refractivity contribution >= 4 is 17.8 Å². The van der Waals surface area contributed by atoms with Crippen LogP contribution < -0.4 is 0 Å². The Labute approximate surface area is 186 Å². The van der Waals surface area contributed by atoms with Crippen LogP contribution in [0.5, 0.6) is 0 Å².